The summed E-state index contributed by atoms with van der Waals surface area (Å²) in [5, 5.41) is 5.45. The first-order chi connectivity index (χ1) is 10.9. The predicted octanol–water partition coefficient (Wildman–Crippen LogP) is 1.53. The van der Waals surface area contributed by atoms with Crippen molar-refractivity contribution >= 4 is 17.6 Å². The molecule has 4 N–H and O–H groups in total. The number of likely N-dealkylation sites (tertiary alicyclic amines) is 1. The summed E-state index contributed by atoms with van der Waals surface area (Å²) in [4.78, 5) is 25.8. The van der Waals surface area contributed by atoms with E-state index in [1.54, 1.807) is 4.90 Å². The number of benzene rings is 1. The molecule has 0 aliphatic carbocycles. The SMILES string of the molecule is CC(C)[C@H](N)C(=O)N1CCC(NC(=O)Nc2ccc(F)cc2)C1. The fourth-order valence-electron chi connectivity index (χ4n) is 2.46. The zero-order chi connectivity index (χ0) is 17.0. The average Bonchev–Trinajstić information content (AvgIpc) is 2.96. The van der Waals surface area contributed by atoms with Gasteiger partial charge in [-0.3, -0.25) is 4.79 Å². The zero-order valence-electron chi connectivity index (χ0n) is 13.4. The highest BCUT2D eigenvalue weighted by Crippen LogP contribution is 2.13. The Morgan fingerprint density at radius 3 is 2.57 bits per heavy atom. The highest BCUT2D eigenvalue weighted by atomic mass is 19.1. The molecule has 2 atom stereocenters. The quantitative estimate of drug-likeness (QED) is 0.785. The van der Waals surface area contributed by atoms with Crippen molar-refractivity contribution in [3.63, 3.8) is 0 Å². The number of hydrogen-bond donors (Lipinski definition) is 3. The smallest absolute Gasteiger partial charge is 0.319 e. The summed E-state index contributed by atoms with van der Waals surface area (Å²) in [6, 6.07) is 4.53. The number of hydrogen-bond acceptors (Lipinski definition) is 3. The Balaban J connectivity index is 1.82. The number of anilines is 1. The maximum Gasteiger partial charge on any atom is 0.319 e. The lowest BCUT2D eigenvalue weighted by Gasteiger charge is -2.23. The van der Waals surface area contributed by atoms with Gasteiger partial charge in [0.05, 0.1) is 6.04 Å². The number of halogens is 1. The van der Waals surface area contributed by atoms with Crippen molar-refractivity contribution in [2.45, 2.75) is 32.4 Å². The van der Waals surface area contributed by atoms with Crippen LogP contribution in [0.2, 0.25) is 0 Å². The van der Waals surface area contributed by atoms with Crippen molar-refractivity contribution in [3.8, 4) is 0 Å². The van der Waals surface area contributed by atoms with Crippen LogP contribution in [-0.2, 0) is 4.79 Å². The van der Waals surface area contributed by atoms with Crippen molar-refractivity contribution in [1.29, 1.82) is 0 Å². The van der Waals surface area contributed by atoms with E-state index >= 15 is 0 Å². The van der Waals surface area contributed by atoms with E-state index in [2.05, 4.69) is 10.6 Å². The van der Waals surface area contributed by atoms with Crippen molar-refractivity contribution in [2.24, 2.45) is 11.7 Å². The minimum atomic E-state index is -0.512. The fraction of sp³-hybridized carbons (Fsp3) is 0.500. The van der Waals surface area contributed by atoms with E-state index in [0.29, 0.717) is 25.2 Å². The Bertz CT molecular complexity index is 562. The summed E-state index contributed by atoms with van der Waals surface area (Å²) >= 11 is 0. The van der Waals surface area contributed by atoms with Gasteiger partial charge in [-0.05, 0) is 36.6 Å². The molecule has 0 bridgehead atoms. The van der Waals surface area contributed by atoms with E-state index in [9.17, 15) is 14.0 Å². The first-order valence-electron chi connectivity index (χ1n) is 7.74. The van der Waals surface area contributed by atoms with Crippen LogP contribution in [0.3, 0.4) is 0 Å². The largest absolute Gasteiger partial charge is 0.339 e. The van der Waals surface area contributed by atoms with Crippen LogP contribution in [-0.4, -0.2) is 42.0 Å². The van der Waals surface area contributed by atoms with Crippen LogP contribution >= 0.6 is 0 Å². The molecule has 0 saturated carbocycles. The van der Waals surface area contributed by atoms with Gasteiger partial charge in [-0.1, -0.05) is 13.8 Å². The van der Waals surface area contributed by atoms with E-state index in [1.165, 1.54) is 24.3 Å². The Morgan fingerprint density at radius 1 is 1.30 bits per heavy atom. The number of carbonyl (C=O) groups is 2. The molecular formula is C16H23FN4O2. The van der Waals surface area contributed by atoms with E-state index in [1.807, 2.05) is 13.8 Å². The van der Waals surface area contributed by atoms with E-state index in [4.69, 9.17) is 5.73 Å². The van der Waals surface area contributed by atoms with E-state index in [-0.39, 0.29) is 29.7 Å². The monoisotopic (exact) mass is 322 g/mol. The second-order valence-corrected chi connectivity index (χ2v) is 6.15. The summed E-state index contributed by atoms with van der Waals surface area (Å²) in [6.07, 6.45) is 0.688. The number of carbonyl (C=O) groups excluding carboxylic acids is 2. The molecule has 1 unspecified atom stereocenters. The Hall–Kier alpha value is -2.15. The molecule has 1 heterocycles. The molecule has 1 aromatic rings. The van der Waals surface area contributed by atoms with Crippen LogP contribution in [0.25, 0.3) is 0 Å². The molecule has 1 fully saturated rings. The molecule has 0 radical (unpaired) electrons. The van der Waals surface area contributed by atoms with Crippen LogP contribution in [0.5, 0.6) is 0 Å². The van der Waals surface area contributed by atoms with Gasteiger partial charge >= 0.3 is 6.03 Å². The third-order valence-electron chi connectivity index (χ3n) is 3.94. The minimum absolute atomic E-state index is 0.0799. The van der Waals surface area contributed by atoms with Crippen molar-refractivity contribution < 1.29 is 14.0 Å². The number of amides is 3. The molecule has 1 aliphatic heterocycles. The van der Waals surface area contributed by atoms with Gasteiger partial charge in [0.1, 0.15) is 5.82 Å². The van der Waals surface area contributed by atoms with Gasteiger partial charge in [-0.25, -0.2) is 9.18 Å². The third-order valence-corrected chi connectivity index (χ3v) is 3.94. The molecule has 0 spiro atoms. The minimum Gasteiger partial charge on any atom is -0.339 e. The van der Waals surface area contributed by atoms with Crippen LogP contribution in [0.1, 0.15) is 20.3 Å². The van der Waals surface area contributed by atoms with E-state index < -0.39 is 6.04 Å². The third kappa shape index (κ3) is 4.66. The number of nitrogens with zero attached hydrogens (tertiary/aromatic N) is 1. The van der Waals surface area contributed by atoms with Crippen LogP contribution < -0.4 is 16.4 Å². The van der Waals surface area contributed by atoms with Crippen molar-refractivity contribution in [2.75, 3.05) is 18.4 Å². The molecule has 1 aliphatic rings. The fourth-order valence-corrected chi connectivity index (χ4v) is 2.46. The first kappa shape index (κ1) is 17.2. The van der Waals surface area contributed by atoms with Gasteiger partial charge in [0.25, 0.3) is 0 Å². The second kappa shape index (κ2) is 7.41. The number of rotatable bonds is 4. The lowest BCUT2D eigenvalue weighted by atomic mass is 10.0. The molecule has 23 heavy (non-hydrogen) atoms. The first-order valence-corrected chi connectivity index (χ1v) is 7.74. The molecule has 2 rings (SSSR count). The van der Waals surface area contributed by atoms with Crippen molar-refractivity contribution in [3.05, 3.63) is 30.1 Å². The van der Waals surface area contributed by atoms with Gasteiger partial charge in [-0.2, -0.15) is 0 Å². The molecule has 0 aromatic heterocycles. The maximum atomic E-state index is 12.8. The predicted molar refractivity (Wildman–Crippen MR) is 86.4 cm³/mol. The number of nitrogens with two attached hydrogens (primary N) is 1. The Kier molecular flexibility index (Phi) is 5.54. The molecule has 6 nitrogen and oxygen atoms in total. The standard InChI is InChI=1S/C16H23FN4O2/c1-10(2)14(18)15(22)21-8-7-13(9-21)20-16(23)19-12-5-3-11(17)4-6-12/h3-6,10,13-14H,7-9,18H2,1-2H3,(H2,19,20,23)/t13?,14-/m0/s1. The lowest BCUT2D eigenvalue weighted by Crippen LogP contribution is -2.47. The summed E-state index contributed by atoms with van der Waals surface area (Å²) in [7, 11) is 0. The van der Waals surface area contributed by atoms with Gasteiger partial charge in [0.2, 0.25) is 5.91 Å². The summed E-state index contributed by atoms with van der Waals surface area (Å²) in [5.74, 6) is -0.359. The van der Waals surface area contributed by atoms with Crippen molar-refractivity contribution in [1.82, 2.24) is 10.2 Å². The Labute approximate surface area is 135 Å². The molecular weight excluding hydrogens is 299 g/mol. The molecule has 7 heteroatoms. The normalized spacial score (nSPS) is 18.8. The Morgan fingerprint density at radius 2 is 1.96 bits per heavy atom. The molecule has 126 valence electrons. The van der Waals surface area contributed by atoms with Gasteiger partial charge in [0, 0.05) is 24.8 Å². The van der Waals surface area contributed by atoms with Gasteiger partial charge in [0.15, 0.2) is 0 Å². The zero-order valence-corrected chi connectivity index (χ0v) is 13.4. The number of nitrogens with one attached hydrogen (secondary N) is 2. The highest BCUT2D eigenvalue weighted by Gasteiger charge is 2.31. The summed E-state index contributed by atoms with van der Waals surface area (Å²) in [6.45, 7) is 4.85. The van der Waals surface area contributed by atoms with Crippen LogP contribution in [0.15, 0.2) is 24.3 Å². The summed E-state index contributed by atoms with van der Waals surface area (Å²) < 4.78 is 12.8. The molecule has 1 aromatic carbocycles. The maximum absolute atomic E-state index is 12.8. The number of urea groups is 1. The van der Waals surface area contributed by atoms with Gasteiger partial charge in [-0.15, -0.1) is 0 Å². The second-order valence-electron chi connectivity index (χ2n) is 6.15. The van der Waals surface area contributed by atoms with E-state index in [0.717, 1.165) is 0 Å². The summed E-state index contributed by atoms with van der Waals surface area (Å²) in [5.41, 5.74) is 6.39. The van der Waals surface area contributed by atoms with Gasteiger partial charge < -0.3 is 21.3 Å². The van der Waals surface area contributed by atoms with Crippen LogP contribution in [0, 0.1) is 11.7 Å². The lowest BCUT2D eigenvalue weighted by molar-refractivity contribution is -0.132. The van der Waals surface area contributed by atoms with Crippen LogP contribution in [0.4, 0.5) is 14.9 Å². The molecule has 3 amide bonds. The molecule has 1 saturated heterocycles. The topological polar surface area (TPSA) is 87.5 Å². The highest BCUT2D eigenvalue weighted by molar-refractivity contribution is 5.89. The average molecular weight is 322 g/mol.